The fourth-order valence-corrected chi connectivity index (χ4v) is 5.65. The summed E-state index contributed by atoms with van der Waals surface area (Å²) in [6, 6.07) is 7.93. The Hall–Kier alpha value is -1.95. The minimum absolute atomic E-state index is 0.0753. The Bertz CT molecular complexity index is 677. The number of carbonyl (C=O) groups is 1. The molecular formula is C22H27NO2. The number of rotatable bonds is 4. The lowest BCUT2D eigenvalue weighted by Crippen LogP contribution is -2.53. The number of hydrogen-bond acceptors (Lipinski definition) is 2. The fourth-order valence-electron chi connectivity index (χ4n) is 5.65. The summed E-state index contributed by atoms with van der Waals surface area (Å²) in [4.78, 5) is 12.8. The quantitative estimate of drug-likeness (QED) is 0.851. The van der Waals surface area contributed by atoms with E-state index in [2.05, 4.69) is 17.2 Å². The average Bonchev–Trinajstić information content (AvgIpc) is 2.58. The van der Waals surface area contributed by atoms with Gasteiger partial charge >= 0.3 is 0 Å². The number of benzene rings is 1. The topological polar surface area (TPSA) is 38.3 Å². The number of amides is 1. The van der Waals surface area contributed by atoms with E-state index in [1.54, 1.807) is 0 Å². The second kappa shape index (κ2) is 6.75. The molecular weight excluding hydrogens is 310 g/mol. The molecule has 25 heavy (non-hydrogen) atoms. The lowest BCUT2D eigenvalue weighted by atomic mass is 9.49. The largest absolute Gasteiger partial charge is 0.481 e. The molecule has 0 aliphatic heterocycles. The second-order valence-electron chi connectivity index (χ2n) is 8.29. The van der Waals surface area contributed by atoms with E-state index >= 15 is 0 Å². The van der Waals surface area contributed by atoms with Gasteiger partial charge in [0.15, 0.2) is 0 Å². The molecule has 3 heteroatoms. The van der Waals surface area contributed by atoms with E-state index in [0.717, 1.165) is 48.3 Å². The van der Waals surface area contributed by atoms with Gasteiger partial charge in [-0.25, -0.2) is 0 Å². The molecule has 0 unspecified atom stereocenters. The Kier molecular flexibility index (Phi) is 4.46. The minimum Gasteiger partial charge on any atom is -0.481 e. The first-order chi connectivity index (χ1) is 12.1. The summed E-state index contributed by atoms with van der Waals surface area (Å²) in [5, 5.41) is 3.08. The third kappa shape index (κ3) is 3.40. The second-order valence-corrected chi connectivity index (χ2v) is 8.29. The molecule has 4 aliphatic rings. The SMILES string of the molecule is Cc1ccccc1OCC#CCNC(=O)C12CC3CC(CC(C3)C1)C2. The zero-order chi connectivity index (χ0) is 17.3. The molecule has 5 rings (SSSR count). The van der Waals surface area contributed by atoms with E-state index in [0.29, 0.717) is 13.2 Å². The summed E-state index contributed by atoms with van der Waals surface area (Å²) in [6.45, 7) is 2.81. The summed E-state index contributed by atoms with van der Waals surface area (Å²) < 4.78 is 5.66. The van der Waals surface area contributed by atoms with Crippen LogP contribution in [-0.2, 0) is 4.79 Å². The maximum absolute atomic E-state index is 12.8. The summed E-state index contributed by atoms with van der Waals surface area (Å²) in [6.07, 6.45) is 7.41. The first kappa shape index (κ1) is 16.5. The smallest absolute Gasteiger partial charge is 0.226 e. The molecule has 4 bridgehead atoms. The van der Waals surface area contributed by atoms with Crippen molar-refractivity contribution < 1.29 is 9.53 Å². The molecule has 1 aromatic rings. The van der Waals surface area contributed by atoms with Crippen molar-refractivity contribution in [3.05, 3.63) is 29.8 Å². The number of hydrogen-bond donors (Lipinski definition) is 1. The highest BCUT2D eigenvalue weighted by Crippen LogP contribution is 2.60. The monoisotopic (exact) mass is 337 g/mol. The standard InChI is InChI=1S/C22H27NO2/c1-16-6-2-3-7-20(16)25-9-5-4-8-23-21(24)22-13-17-10-18(14-22)12-19(11-17)15-22/h2-3,6-7,17-19H,8-15H2,1H3,(H,23,24). The molecule has 4 saturated carbocycles. The molecule has 4 aliphatic carbocycles. The van der Waals surface area contributed by atoms with Gasteiger partial charge in [0.2, 0.25) is 5.91 Å². The van der Waals surface area contributed by atoms with Crippen molar-refractivity contribution in [2.45, 2.75) is 45.4 Å². The number of aryl methyl sites for hydroxylation is 1. The maximum atomic E-state index is 12.8. The van der Waals surface area contributed by atoms with Crippen LogP contribution in [0.4, 0.5) is 0 Å². The van der Waals surface area contributed by atoms with Gasteiger partial charge < -0.3 is 10.1 Å². The summed E-state index contributed by atoms with van der Waals surface area (Å²) in [5.41, 5.74) is 1.04. The average molecular weight is 337 g/mol. The Morgan fingerprint density at radius 2 is 1.76 bits per heavy atom. The normalized spacial score (nSPS) is 32.0. The molecule has 0 heterocycles. The highest BCUT2D eigenvalue weighted by atomic mass is 16.5. The van der Waals surface area contributed by atoms with Crippen LogP contribution in [0.2, 0.25) is 0 Å². The number of para-hydroxylation sites is 1. The summed E-state index contributed by atoms with van der Waals surface area (Å²) >= 11 is 0. The molecule has 1 amide bonds. The van der Waals surface area contributed by atoms with Gasteiger partial charge in [-0.2, -0.15) is 0 Å². The van der Waals surface area contributed by atoms with Crippen LogP contribution < -0.4 is 10.1 Å². The van der Waals surface area contributed by atoms with Gasteiger partial charge in [0.25, 0.3) is 0 Å². The Labute approximate surface area is 150 Å². The van der Waals surface area contributed by atoms with E-state index < -0.39 is 0 Å². The van der Waals surface area contributed by atoms with Crippen LogP contribution in [0.25, 0.3) is 0 Å². The van der Waals surface area contributed by atoms with Gasteiger partial charge in [-0.1, -0.05) is 30.0 Å². The summed E-state index contributed by atoms with van der Waals surface area (Å²) in [5.74, 6) is 9.55. The fraction of sp³-hybridized carbons (Fsp3) is 0.591. The highest BCUT2D eigenvalue weighted by Gasteiger charge is 2.54. The number of ether oxygens (including phenoxy) is 1. The van der Waals surface area contributed by atoms with E-state index in [-0.39, 0.29) is 11.3 Å². The molecule has 0 atom stereocenters. The van der Waals surface area contributed by atoms with E-state index in [1.165, 1.54) is 19.3 Å². The van der Waals surface area contributed by atoms with Gasteiger partial charge in [-0.05, 0) is 74.8 Å². The predicted octanol–water partition coefficient (Wildman–Crippen LogP) is 3.71. The minimum atomic E-state index is -0.0753. The Morgan fingerprint density at radius 3 is 2.40 bits per heavy atom. The van der Waals surface area contributed by atoms with Gasteiger partial charge in [0.1, 0.15) is 12.4 Å². The molecule has 132 valence electrons. The van der Waals surface area contributed by atoms with E-state index in [1.807, 2.05) is 31.2 Å². The van der Waals surface area contributed by atoms with Gasteiger partial charge in [-0.3, -0.25) is 4.79 Å². The third-order valence-corrected chi connectivity index (χ3v) is 6.38. The molecule has 1 aromatic carbocycles. The zero-order valence-electron chi connectivity index (χ0n) is 15.0. The lowest BCUT2D eigenvalue weighted by molar-refractivity contribution is -0.145. The van der Waals surface area contributed by atoms with Crippen LogP contribution in [0.3, 0.4) is 0 Å². The van der Waals surface area contributed by atoms with Crippen LogP contribution in [0, 0.1) is 41.9 Å². The molecule has 0 aromatic heterocycles. The van der Waals surface area contributed by atoms with E-state index in [9.17, 15) is 4.79 Å². The van der Waals surface area contributed by atoms with Gasteiger partial charge in [0.05, 0.1) is 6.54 Å². The molecule has 1 N–H and O–H groups in total. The van der Waals surface area contributed by atoms with Crippen molar-refractivity contribution in [2.75, 3.05) is 13.2 Å². The number of carbonyl (C=O) groups excluding carboxylic acids is 1. The lowest BCUT2D eigenvalue weighted by Gasteiger charge is -2.55. The van der Waals surface area contributed by atoms with Crippen molar-refractivity contribution in [2.24, 2.45) is 23.2 Å². The van der Waals surface area contributed by atoms with Crippen LogP contribution >= 0.6 is 0 Å². The molecule has 4 fully saturated rings. The van der Waals surface area contributed by atoms with Crippen LogP contribution in [0.1, 0.15) is 44.1 Å². The Morgan fingerprint density at radius 1 is 1.12 bits per heavy atom. The maximum Gasteiger partial charge on any atom is 0.226 e. The first-order valence-corrected chi connectivity index (χ1v) is 9.57. The van der Waals surface area contributed by atoms with Crippen molar-refractivity contribution in [3.8, 4) is 17.6 Å². The Balaban J connectivity index is 1.25. The van der Waals surface area contributed by atoms with Crippen LogP contribution in [-0.4, -0.2) is 19.1 Å². The molecule has 0 spiro atoms. The zero-order valence-corrected chi connectivity index (χ0v) is 15.0. The van der Waals surface area contributed by atoms with Crippen molar-refractivity contribution in [3.63, 3.8) is 0 Å². The van der Waals surface area contributed by atoms with Crippen LogP contribution in [0.15, 0.2) is 24.3 Å². The van der Waals surface area contributed by atoms with Gasteiger partial charge in [-0.15, -0.1) is 0 Å². The van der Waals surface area contributed by atoms with Crippen molar-refractivity contribution in [1.29, 1.82) is 0 Å². The molecule has 0 radical (unpaired) electrons. The highest BCUT2D eigenvalue weighted by molar-refractivity contribution is 5.83. The van der Waals surface area contributed by atoms with Gasteiger partial charge in [0, 0.05) is 5.41 Å². The predicted molar refractivity (Wildman–Crippen MR) is 98.1 cm³/mol. The third-order valence-electron chi connectivity index (χ3n) is 6.38. The van der Waals surface area contributed by atoms with Crippen LogP contribution in [0.5, 0.6) is 5.75 Å². The van der Waals surface area contributed by atoms with Crippen molar-refractivity contribution >= 4 is 5.91 Å². The van der Waals surface area contributed by atoms with E-state index in [4.69, 9.17) is 4.74 Å². The first-order valence-electron chi connectivity index (χ1n) is 9.57. The molecule has 0 saturated heterocycles. The van der Waals surface area contributed by atoms with Crippen molar-refractivity contribution in [1.82, 2.24) is 5.32 Å². The number of nitrogens with one attached hydrogen (secondary N) is 1. The summed E-state index contributed by atoms with van der Waals surface area (Å²) in [7, 11) is 0. The molecule has 3 nitrogen and oxygen atoms in total.